The van der Waals surface area contributed by atoms with Gasteiger partial charge in [0.05, 0.1) is 18.5 Å². The normalized spacial score (nSPS) is 15.7. The van der Waals surface area contributed by atoms with Crippen molar-refractivity contribution in [1.29, 1.82) is 0 Å². The molecule has 0 saturated heterocycles. The van der Waals surface area contributed by atoms with Crippen LogP contribution in [0.15, 0.2) is 54.3 Å². The zero-order valence-corrected chi connectivity index (χ0v) is 35.2. The second kappa shape index (κ2) is 19.2. The summed E-state index contributed by atoms with van der Waals surface area (Å²) in [6.07, 6.45) is 5.46. The van der Waals surface area contributed by atoms with Crippen molar-refractivity contribution in [2.75, 3.05) is 27.2 Å². The number of hydrogen-bond acceptors (Lipinski definition) is 8. The van der Waals surface area contributed by atoms with Crippen LogP contribution < -0.4 is 21.3 Å². The average molecular weight is 792 g/mol. The van der Waals surface area contributed by atoms with Gasteiger partial charge in [-0.15, -0.1) is 0 Å². The molecular weight excluding hydrogens is 731 g/mol. The molecule has 15 heteroatoms. The van der Waals surface area contributed by atoms with Gasteiger partial charge >= 0.3 is 5.97 Å². The fourth-order valence-corrected chi connectivity index (χ4v) is 7.23. The molecule has 0 radical (unpaired) electrons. The summed E-state index contributed by atoms with van der Waals surface area (Å²) in [7, 11) is 5.33. The molecule has 0 bridgehead atoms. The first-order valence-electron chi connectivity index (χ1n) is 19.3. The molecule has 1 aliphatic heterocycles. The van der Waals surface area contributed by atoms with Crippen LogP contribution in [0.25, 0.3) is 10.9 Å². The molecule has 0 saturated carbocycles. The van der Waals surface area contributed by atoms with Crippen molar-refractivity contribution in [3.63, 3.8) is 0 Å². The number of likely N-dealkylation sites (N-methyl/N-ethyl adjacent to an activating group) is 2. The fraction of sp³-hybridized carbons (Fsp3) is 0.548. The number of nitrogens with one attached hydrogen (secondary N) is 4. The number of nitrogens with zero attached hydrogens (tertiary/aromatic N) is 3. The maximum atomic E-state index is 14.4. The maximum Gasteiger partial charge on any atom is 0.305 e. The maximum absolute atomic E-state index is 14.4. The molecule has 1 aliphatic rings. The summed E-state index contributed by atoms with van der Waals surface area (Å²) in [5, 5.41) is 22.1. The second-order valence-electron chi connectivity index (χ2n) is 16.8. The lowest BCUT2D eigenvalue weighted by Crippen LogP contribution is -2.61. The van der Waals surface area contributed by atoms with E-state index in [2.05, 4.69) is 21.3 Å². The van der Waals surface area contributed by atoms with Crippen molar-refractivity contribution >= 4 is 52.3 Å². The van der Waals surface area contributed by atoms with Crippen LogP contribution in [-0.2, 0) is 46.0 Å². The molecule has 4 atom stereocenters. The summed E-state index contributed by atoms with van der Waals surface area (Å²) in [6, 6.07) is 4.91. The number of fused-ring (bicyclic) bond motifs is 1. The average Bonchev–Trinajstić information content (AvgIpc) is 3.64. The molecule has 2 aromatic rings. The number of imide groups is 1. The number of carboxylic acid groups (broad SMARTS) is 1. The van der Waals surface area contributed by atoms with Crippen molar-refractivity contribution in [1.82, 2.24) is 35.6 Å². The number of para-hydroxylation sites is 1. The van der Waals surface area contributed by atoms with Crippen LogP contribution in [0.4, 0.5) is 0 Å². The molecule has 1 aromatic carbocycles. The van der Waals surface area contributed by atoms with Crippen LogP contribution in [0.2, 0.25) is 0 Å². The van der Waals surface area contributed by atoms with Crippen molar-refractivity contribution in [3.05, 3.63) is 59.8 Å². The van der Waals surface area contributed by atoms with Gasteiger partial charge in [0.15, 0.2) is 0 Å². The summed E-state index contributed by atoms with van der Waals surface area (Å²) >= 11 is 0. The number of benzene rings is 1. The van der Waals surface area contributed by atoms with Gasteiger partial charge in [-0.05, 0) is 43.4 Å². The van der Waals surface area contributed by atoms with E-state index in [1.165, 1.54) is 4.90 Å². The van der Waals surface area contributed by atoms with Gasteiger partial charge in [-0.3, -0.25) is 38.5 Å². The molecule has 15 nitrogen and oxygen atoms in total. The first-order valence-corrected chi connectivity index (χ1v) is 19.3. The van der Waals surface area contributed by atoms with E-state index in [0.717, 1.165) is 33.5 Å². The Labute approximate surface area is 335 Å². The number of carboxylic acids is 1. The molecule has 0 aliphatic carbocycles. The molecule has 3 rings (SSSR count). The van der Waals surface area contributed by atoms with Gasteiger partial charge in [-0.1, -0.05) is 72.7 Å². The number of hydrogen-bond donors (Lipinski definition) is 5. The van der Waals surface area contributed by atoms with Crippen LogP contribution in [-0.4, -0.2) is 112 Å². The van der Waals surface area contributed by atoms with Crippen molar-refractivity contribution in [3.8, 4) is 0 Å². The minimum Gasteiger partial charge on any atom is -0.481 e. The van der Waals surface area contributed by atoms with Crippen LogP contribution in [0.1, 0.15) is 80.2 Å². The van der Waals surface area contributed by atoms with E-state index in [4.69, 9.17) is 0 Å². The number of carbonyl (C=O) groups is 7. The molecule has 2 heterocycles. The van der Waals surface area contributed by atoms with Gasteiger partial charge in [0, 0.05) is 79.9 Å². The smallest absolute Gasteiger partial charge is 0.305 e. The van der Waals surface area contributed by atoms with Gasteiger partial charge in [0.1, 0.15) is 6.04 Å². The molecule has 0 fully saturated rings. The van der Waals surface area contributed by atoms with E-state index in [1.807, 2.05) is 90.5 Å². The SMILES string of the molecule is CN[C@H](C(=O)N[C@H](C(=O)N(C)[C@H](/C=C(\C)C(=O)N[C@H](CCC(=O)NCCN1C(=O)C=CC1=O)CC(=O)O)C(C)C)C(C)(C)C)C(C)(C)c1cn(C)c2ccccc12. The van der Waals surface area contributed by atoms with Crippen molar-refractivity contribution in [2.24, 2.45) is 18.4 Å². The Morgan fingerprint density at radius 3 is 2.12 bits per heavy atom. The van der Waals surface area contributed by atoms with Gasteiger partial charge < -0.3 is 35.8 Å². The van der Waals surface area contributed by atoms with Gasteiger partial charge in [-0.2, -0.15) is 0 Å². The largest absolute Gasteiger partial charge is 0.481 e. The summed E-state index contributed by atoms with van der Waals surface area (Å²) in [5.74, 6) is -3.92. The van der Waals surface area contributed by atoms with E-state index in [0.29, 0.717) is 0 Å². The molecular formula is C42H61N7O8. The second-order valence-corrected chi connectivity index (χ2v) is 16.8. The lowest BCUT2D eigenvalue weighted by atomic mass is 9.76. The van der Waals surface area contributed by atoms with Crippen LogP contribution in [0.5, 0.6) is 0 Å². The summed E-state index contributed by atoms with van der Waals surface area (Å²) in [4.78, 5) is 92.1. The summed E-state index contributed by atoms with van der Waals surface area (Å²) in [5.41, 5.74) is 0.894. The first-order chi connectivity index (χ1) is 26.5. The summed E-state index contributed by atoms with van der Waals surface area (Å²) in [6.45, 7) is 15.0. The van der Waals surface area contributed by atoms with Gasteiger partial charge in [-0.25, -0.2) is 0 Å². The molecule has 5 N–H and O–H groups in total. The zero-order valence-electron chi connectivity index (χ0n) is 35.2. The lowest BCUT2D eigenvalue weighted by molar-refractivity contribution is -0.141. The first kappa shape index (κ1) is 46.1. The van der Waals surface area contributed by atoms with Crippen LogP contribution in [0, 0.1) is 11.3 Å². The highest BCUT2D eigenvalue weighted by atomic mass is 16.4. The van der Waals surface area contributed by atoms with Crippen molar-refractivity contribution < 1.29 is 38.7 Å². The topological polar surface area (TPSA) is 199 Å². The third-order valence-corrected chi connectivity index (χ3v) is 10.6. The standard InChI is InChI=1S/C42H61N7O8/c1-25(2)31(22-26(3)38(55)45-27(23-35(53)54)16-17-32(50)44-20-21-49-33(51)18-19-34(49)52)48(11)40(57)37(41(4,5)6)46-39(56)36(43-9)42(7,8)29-24-47(10)30-15-13-12-14-28(29)30/h12-15,18-19,22,24-25,27,31,36-37,43H,16-17,20-21,23H2,1-11H3,(H,44,50)(H,45,55)(H,46,56)(H,53,54)/b26-22+/t27-,31-,36-,37-/m1/s1. The van der Waals surface area contributed by atoms with E-state index in [1.54, 1.807) is 27.1 Å². The Bertz CT molecular complexity index is 1890. The Morgan fingerprint density at radius 2 is 1.56 bits per heavy atom. The quantitative estimate of drug-likeness (QED) is 0.105. The van der Waals surface area contributed by atoms with Crippen LogP contribution in [0.3, 0.4) is 0 Å². The number of amides is 6. The Hall–Kier alpha value is -5.31. The van der Waals surface area contributed by atoms with Crippen LogP contribution >= 0.6 is 0 Å². The van der Waals surface area contributed by atoms with E-state index in [-0.39, 0.29) is 49.2 Å². The Balaban J connectivity index is 1.73. The number of aryl methyl sites for hydroxylation is 1. The molecule has 6 amide bonds. The van der Waals surface area contributed by atoms with E-state index in [9.17, 15) is 38.7 Å². The van der Waals surface area contributed by atoms with Gasteiger partial charge in [0.2, 0.25) is 23.6 Å². The van der Waals surface area contributed by atoms with E-state index >= 15 is 0 Å². The predicted octanol–water partition coefficient (Wildman–Crippen LogP) is 2.79. The molecule has 1 aromatic heterocycles. The highest BCUT2D eigenvalue weighted by Gasteiger charge is 2.42. The molecule has 0 spiro atoms. The molecule has 0 unspecified atom stereocenters. The lowest BCUT2D eigenvalue weighted by Gasteiger charge is -2.39. The zero-order chi connectivity index (χ0) is 43.0. The number of rotatable bonds is 19. The molecule has 57 heavy (non-hydrogen) atoms. The predicted molar refractivity (Wildman–Crippen MR) is 218 cm³/mol. The monoisotopic (exact) mass is 791 g/mol. The minimum absolute atomic E-state index is 0.00688. The third-order valence-electron chi connectivity index (χ3n) is 10.6. The van der Waals surface area contributed by atoms with Gasteiger partial charge in [0.25, 0.3) is 11.8 Å². The minimum atomic E-state index is -1.16. The molecule has 312 valence electrons. The summed E-state index contributed by atoms with van der Waals surface area (Å²) < 4.78 is 2.04. The highest BCUT2D eigenvalue weighted by molar-refractivity contribution is 6.12. The third kappa shape index (κ3) is 11.6. The van der Waals surface area contributed by atoms with E-state index < -0.39 is 71.0 Å². The number of aliphatic carboxylic acids is 1. The Morgan fingerprint density at radius 1 is 0.947 bits per heavy atom. The highest BCUT2D eigenvalue weighted by Crippen LogP contribution is 2.35. The number of aromatic nitrogens is 1. The van der Waals surface area contributed by atoms with Crippen molar-refractivity contribution in [2.45, 2.75) is 104 Å². The fourth-order valence-electron chi connectivity index (χ4n) is 7.23. The Kier molecular flexibility index (Phi) is 15.5. The number of carbonyl (C=O) groups excluding carboxylic acids is 6.